The summed E-state index contributed by atoms with van der Waals surface area (Å²) >= 11 is 2.02. The van der Waals surface area contributed by atoms with Crippen molar-refractivity contribution in [2.24, 2.45) is 0 Å². The van der Waals surface area contributed by atoms with Crippen molar-refractivity contribution in [3.63, 3.8) is 0 Å². The monoisotopic (exact) mass is 246 g/mol. The average molecular weight is 246 g/mol. The van der Waals surface area contributed by atoms with Crippen LogP contribution in [-0.2, 0) is 9.53 Å². The highest BCUT2D eigenvalue weighted by Crippen LogP contribution is 2.08. The van der Waals surface area contributed by atoms with E-state index in [1.807, 2.05) is 18.7 Å². The van der Waals surface area contributed by atoms with Crippen LogP contribution < -0.4 is 5.32 Å². The van der Waals surface area contributed by atoms with Crippen molar-refractivity contribution in [2.75, 3.05) is 44.8 Å². The van der Waals surface area contributed by atoms with E-state index in [0.29, 0.717) is 0 Å². The van der Waals surface area contributed by atoms with Gasteiger partial charge in [-0.15, -0.1) is 0 Å². The predicted octanol–water partition coefficient (Wildman–Crippen LogP) is 0.576. The fourth-order valence-corrected chi connectivity index (χ4v) is 2.74. The molecule has 1 fully saturated rings. The zero-order valence-corrected chi connectivity index (χ0v) is 11.0. The Morgan fingerprint density at radius 3 is 2.75 bits per heavy atom. The van der Waals surface area contributed by atoms with E-state index in [4.69, 9.17) is 4.74 Å². The Morgan fingerprint density at radius 2 is 2.19 bits per heavy atom. The van der Waals surface area contributed by atoms with Crippen LogP contribution in [0.5, 0.6) is 0 Å². The topological polar surface area (TPSA) is 41.6 Å². The molecule has 0 aromatic heterocycles. The minimum Gasteiger partial charge on any atom is -0.468 e. The summed E-state index contributed by atoms with van der Waals surface area (Å²) in [5, 5.41) is 3.24. The fraction of sp³-hybridized carbons (Fsp3) is 0.909. The van der Waals surface area contributed by atoms with Crippen LogP contribution in [0, 0.1) is 0 Å². The summed E-state index contributed by atoms with van der Waals surface area (Å²) in [6.07, 6.45) is 0.780. The van der Waals surface area contributed by atoms with E-state index in [0.717, 1.165) is 19.5 Å². The van der Waals surface area contributed by atoms with Gasteiger partial charge in [0.05, 0.1) is 7.11 Å². The van der Waals surface area contributed by atoms with Gasteiger partial charge in [-0.05, 0) is 6.42 Å². The first-order valence-electron chi connectivity index (χ1n) is 5.89. The molecule has 1 aliphatic rings. The first kappa shape index (κ1) is 13.8. The molecule has 0 aromatic carbocycles. The maximum atomic E-state index is 11.3. The van der Waals surface area contributed by atoms with Crippen molar-refractivity contribution in [3.05, 3.63) is 0 Å². The van der Waals surface area contributed by atoms with Gasteiger partial charge in [0.15, 0.2) is 0 Å². The molecule has 0 amide bonds. The summed E-state index contributed by atoms with van der Waals surface area (Å²) < 4.78 is 4.73. The summed E-state index contributed by atoms with van der Waals surface area (Å²) in [6, 6.07) is -0.149. The van der Waals surface area contributed by atoms with Gasteiger partial charge in [-0.3, -0.25) is 4.79 Å². The van der Waals surface area contributed by atoms with Crippen LogP contribution in [0.15, 0.2) is 0 Å². The number of nitrogens with zero attached hydrogens (tertiary/aromatic N) is 1. The molecule has 4 nitrogen and oxygen atoms in total. The maximum absolute atomic E-state index is 11.3. The number of esters is 1. The van der Waals surface area contributed by atoms with Gasteiger partial charge >= 0.3 is 5.97 Å². The van der Waals surface area contributed by atoms with Crippen LogP contribution in [0.3, 0.4) is 0 Å². The molecule has 16 heavy (non-hydrogen) atoms. The molecule has 1 heterocycles. The average Bonchev–Trinajstić information content (AvgIpc) is 2.35. The fourth-order valence-electron chi connectivity index (χ4n) is 1.76. The lowest BCUT2D eigenvalue weighted by molar-refractivity contribution is -0.143. The molecule has 0 saturated carbocycles. The number of nitrogens with one attached hydrogen (secondary N) is 1. The first-order chi connectivity index (χ1) is 7.77. The number of methoxy groups -OCH3 is 1. The molecule has 1 saturated heterocycles. The number of thioether (sulfide) groups is 1. The molecule has 1 unspecified atom stereocenters. The highest BCUT2D eigenvalue weighted by molar-refractivity contribution is 7.99. The molecule has 0 aliphatic carbocycles. The molecular formula is C11H22N2O2S. The molecule has 1 N–H and O–H groups in total. The smallest absolute Gasteiger partial charge is 0.322 e. The molecular weight excluding hydrogens is 224 g/mol. The van der Waals surface area contributed by atoms with E-state index in [-0.39, 0.29) is 12.0 Å². The van der Waals surface area contributed by atoms with Gasteiger partial charge in [0, 0.05) is 37.7 Å². The van der Waals surface area contributed by atoms with Crippen LogP contribution in [0.25, 0.3) is 0 Å². The number of hydrogen-bond acceptors (Lipinski definition) is 5. The van der Waals surface area contributed by atoms with Crippen LogP contribution in [0.2, 0.25) is 0 Å². The van der Waals surface area contributed by atoms with Crippen molar-refractivity contribution in [3.8, 4) is 0 Å². The summed E-state index contributed by atoms with van der Waals surface area (Å²) in [5.74, 6) is 2.30. The van der Waals surface area contributed by atoms with Crippen molar-refractivity contribution < 1.29 is 9.53 Å². The second-order valence-corrected chi connectivity index (χ2v) is 5.12. The molecule has 0 bridgehead atoms. The Hall–Kier alpha value is -0.260. The van der Waals surface area contributed by atoms with Crippen LogP contribution in [-0.4, -0.2) is 61.7 Å². The summed E-state index contributed by atoms with van der Waals surface area (Å²) in [5.41, 5.74) is 0. The maximum Gasteiger partial charge on any atom is 0.322 e. The number of carbonyl (C=O) groups is 1. The zero-order valence-electron chi connectivity index (χ0n) is 10.2. The van der Waals surface area contributed by atoms with Crippen molar-refractivity contribution in [1.29, 1.82) is 0 Å². The lowest BCUT2D eigenvalue weighted by Gasteiger charge is -2.26. The summed E-state index contributed by atoms with van der Waals surface area (Å²) in [6.45, 7) is 6.21. The van der Waals surface area contributed by atoms with Crippen LogP contribution in [0.1, 0.15) is 13.3 Å². The Bertz CT molecular complexity index is 208. The minimum atomic E-state index is -0.156. The molecule has 0 aromatic rings. The summed E-state index contributed by atoms with van der Waals surface area (Å²) in [7, 11) is 1.44. The Labute approximate surface area is 102 Å². The second kappa shape index (κ2) is 7.92. The predicted molar refractivity (Wildman–Crippen MR) is 67.9 cm³/mol. The third kappa shape index (κ3) is 4.72. The Balaban J connectivity index is 2.14. The van der Waals surface area contributed by atoms with E-state index in [9.17, 15) is 4.79 Å². The number of hydrogen-bond donors (Lipinski definition) is 1. The van der Waals surface area contributed by atoms with Crippen molar-refractivity contribution in [2.45, 2.75) is 19.4 Å². The van der Waals surface area contributed by atoms with E-state index >= 15 is 0 Å². The van der Waals surface area contributed by atoms with Crippen molar-refractivity contribution >= 4 is 17.7 Å². The highest BCUT2D eigenvalue weighted by Gasteiger charge is 2.16. The van der Waals surface area contributed by atoms with Crippen LogP contribution >= 0.6 is 11.8 Å². The van der Waals surface area contributed by atoms with Gasteiger partial charge < -0.3 is 15.0 Å². The van der Waals surface area contributed by atoms with Gasteiger partial charge in [-0.25, -0.2) is 0 Å². The Morgan fingerprint density at radius 1 is 1.50 bits per heavy atom. The number of carbonyl (C=O) groups excluding carboxylic acids is 1. The minimum absolute atomic E-state index is 0.149. The standard InChI is InChI=1S/C11H22N2O2S/c1-3-10(11(14)15-2)12-4-5-13-6-8-16-9-7-13/h10,12H,3-9H2,1-2H3. The van der Waals surface area contributed by atoms with Gasteiger partial charge in [-0.1, -0.05) is 6.92 Å². The van der Waals surface area contributed by atoms with E-state index < -0.39 is 0 Å². The molecule has 5 heteroatoms. The molecule has 1 aliphatic heterocycles. The van der Waals surface area contributed by atoms with E-state index in [1.54, 1.807) is 0 Å². The SMILES string of the molecule is CCC(NCCN1CCSCC1)C(=O)OC. The van der Waals surface area contributed by atoms with Crippen molar-refractivity contribution in [1.82, 2.24) is 10.2 Å². The second-order valence-electron chi connectivity index (χ2n) is 3.89. The lowest BCUT2D eigenvalue weighted by atomic mass is 10.2. The Kier molecular flexibility index (Phi) is 6.84. The van der Waals surface area contributed by atoms with Crippen LogP contribution in [0.4, 0.5) is 0 Å². The quantitative estimate of drug-likeness (QED) is 0.694. The normalized spacial score (nSPS) is 19.4. The largest absolute Gasteiger partial charge is 0.468 e. The van der Waals surface area contributed by atoms with E-state index in [2.05, 4.69) is 10.2 Å². The zero-order chi connectivity index (χ0) is 11.8. The number of ether oxygens (including phenoxy) is 1. The number of rotatable bonds is 6. The van der Waals surface area contributed by atoms with E-state index in [1.165, 1.54) is 31.7 Å². The molecule has 0 radical (unpaired) electrons. The highest BCUT2D eigenvalue weighted by atomic mass is 32.2. The van der Waals surface area contributed by atoms with Gasteiger partial charge in [-0.2, -0.15) is 11.8 Å². The van der Waals surface area contributed by atoms with Gasteiger partial charge in [0.2, 0.25) is 0 Å². The molecule has 94 valence electrons. The summed E-state index contributed by atoms with van der Waals surface area (Å²) in [4.78, 5) is 13.8. The molecule has 1 rings (SSSR count). The first-order valence-corrected chi connectivity index (χ1v) is 7.04. The third-order valence-electron chi connectivity index (χ3n) is 2.82. The van der Waals surface area contributed by atoms with Gasteiger partial charge in [0.1, 0.15) is 6.04 Å². The molecule has 0 spiro atoms. The third-order valence-corrected chi connectivity index (χ3v) is 3.76. The van der Waals surface area contributed by atoms with Gasteiger partial charge in [0.25, 0.3) is 0 Å². The lowest BCUT2D eigenvalue weighted by Crippen LogP contribution is -2.43. The molecule has 1 atom stereocenters.